The molecule has 6 rings (SSSR count). The minimum atomic E-state index is -4.76. The Morgan fingerprint density at radius 3 is 2.72 bits per heavy atom. The topological polar surface area (TPSA) is 96.8 Å². The zero-order chi connectivity index (χ0) is 33.5. The molecule has 2 aromatic carbocycles. The van der Waals surface area contributed by atoms with E-state index in [-0.39, 0.29) is 43.1 Å². The first kappa shape index (κ1) is 33.1. The lowest BCUT2D eigenvalue weighted by Crippen LogP contribution is -2.45. The SMILES string of the molecule is Cc1ccc2nc(O[C@@H]3C[C@H]4C(=O)C[C@]5(C(=O)O)C[C@@H]5/C=C\CCCCC[C@H](Cc5cc(F)cc(C(F)(F)F)c5)C(=O)N4C3)sc2c1. The maximum Gasteiger partial charge on any atom is 0.416 e. The number of benzene rings is 2. The van der Waals surface area contributed by atoms with Gasteiger partial charge in [-0.2, -0.15) is 13.2 Å². The van der Waals surface area contributed by atoms with Gasteiger partial charge >= 0.3 is 12.1 Å². The van der Waals surface area contributed by atoms with Gasteiger partial charge in [0.05, 0.1) is 33.8 Å². The number of aromatic nitrogens is 1. The van der Waals surface area contributed by atoms with E-state index in [1.807, 2.05) is 37.3 Å². The molecule has 1 aromatic heterocycles. The molecule has 7 nitrogen and oxygen atoms in total. The number of aliphatic carboxylic acids is 1. The molecule has 3 aromatic rings. The fraction of sp³-hybridized carbons (Fsp3) is 0.486. The van der Waals surface area contributed by atoms with Crippen LogP contribution in [-0.2, 0) is 27.0 Å². The molecule has 1 aliphatic carbocycles. The van der Waals surface area contributed by atoms with E-state index in [4.69, 9.17) is 4.74 Å². The van der Waals surface area contributed by atoms with Crippen LogP contribution in [0.1, 0.15) is 68.1 Å². The molecule has 0 spiro atoms. The predicted octanol–water partition coefficient (Wildman–Crippen LogP) is 7.54. The molecule has 1 amide bonds. The Morgan fingerprint density at radius 2 is 1.96 bits per heavy atom. The first-order valence-corrected chi connectivity index (χ1v) is 16.8. The van der Waals surface area contributed by atoms with Crippen LogP contribution in [0.3, 0.4) is 0 Å². The smallest absolute Gasteiger partial charge is 0.416 e. The summed E-state index contributed by atoms with van der Waals surface area (Å²) in [4.78, 5) is 46.6. The van der Waals surface area contributed by atoms with Gasteiger partial charge in [0, 0.05) is 18.8 Å². The highest BCUT2D eigenvalue weighted by atomic mass is 32.1. The molecule has 2 fully saturated rings. The summed E-state index contributed by atoms with van der Waals surface area (Å²) < 4.78 is 62.0. The molecule has 0 unspecified atom stereocenters. The summed E-state index contributed by atoms with van der Waals surface area (Å²) in [6.45, 7) is 1.99. The molecular formula is C35H36F4N2O5S. The first-order valence-electron chi connectivity index (χ1n) is 16.0. The van der Waals surface area contributed by atoms with E-state index in [1.54, 1.807) is 0 Å². The molecule has 47 heavy (non-hydrogen) atoms. The van der Waals surface area contributed by atoms with Gasteiger partial charge in [-0.05, 0) is 86.4 Å². The summed E-state index contributed by atoms with van der Waals surface area (Å²) in [5.74, 6) is -4.01. The van der Waals surface area contributed by atoms with Gasteiger partial charge in [-0.15, -0.1) is 0 Å². The van der Waals surface area contributed by atoms with Crippen molar-refractivity contribution in [3.05, 3.63) is 71.1 Å². The molecule has 3 aliphatic rings. The third-order valence-electron chi connectivity index (χ3n) is 9.67. The maximum atomic E-state index is 14.3. The first-order chi connectivity index (χ1) is 22.3. The van der Waals surface area contributed by atoms with E-state index in [0.717, 1.165) is 40.8 Å². The molecule has 0 radical (unpaired) electrons. The van der Waals surface area contributed by atoms with E-state index in [9.17, 15) is 37.1 Å². The summed E-state index contributed by atoms with van der Waals surface area (Å²) in [7, 11) is 0. The van der Waals surface area contributed by atoms with Crippen molar-refractivity contribution in [1.82, 2.24) is 9.88 Å². The van der Waals surface area contributed by atoms with Gasteiger partial charge in [-0.25, -0.2) is 9.37 Å². The average Bonchev–Trinajstić information content (AvgIpc) is 3.32. The number of halogens is 4. The number of rotatable bonds is 5. The number of Topliss-reactive ketones (excluding diaryl/α,β-unsaturated/α-hetero) is 1. The number of aryl methyl sites for hydroxylation is 1. The Bertz CT molecular complexity index is 1720. The van der Waals surface area contributed by atoms with Crippen molar-refractivity contribution in [2.75, 3.05) is 6.54 Å². The minimum absolute atomic E-state index is 0.0288. The Hall–Kier alpha value is -3.80. The number of carbonyl (C=O) groups excluding carboxylic acids is 2. The number of amides is 1. The van der Waals surface area contributed by atoms with Crippen molar-refractivity contribution >= 4 is 39.2 Å². The standard InChI is InChI=1S/C35H36F4N2O5S/c1-20-9-10-27-30(11-20)47-33(40-27)46-26-16-28-29(42)18-34(32(44)45)17-23(34)8-6-4-2-3-5-7-22(31(43)41(28)19-26)12-21-13-24(35(37,38)39)15-25(36)14-21/h6,8-11,13-15,22-23,26,28H,2-5,7,12,16-19H2,1H3,(H,44,45)/b8-6-/t22-,23+,26-,28+,34-/m1/s1. The van der Waals surface area contributed by atoms with Crippen LogP contribution < -0.4 is 4.74 Å². The summed E-state index contributed by atoms with van der Waals surface area (Å²) in [5, 5.41) is 10.5. The molecule has 5 atom stereocenters. The summed E-state index contributed by atoms with van der Waals surface area (Å²) in [6, 6.07) is 7.14. The number of carboxylic acid groups (broad SMARTS) is 1. The number of ether oxygens (including phenoxy) is 1. The zero-order valence-electron chi connectivity index (χ0n) is 25.9. The van der Waals surface area contributed by atoms with Crippen LogP contribution >= 0.6 is 11.3 Å². The maximum absolute atomic E-state index is 14.3. The van der Waals surface area contributed by atoms with Crippen LogP contribution in [-0.4, -0.2) is 51.3 Å². The number of nitrogens with zero attached hydrogens (tertiary/aromatic N) is 2. The number of thiazole rings is 1. The van der Waals surface area contributed by atoms with E-state index in [2.05, 4.69) is 4.98 Å². The summed E-state index contributed by atoms with van der Waals surface area (Å²) in [5.41, 5.74) is -0.512. The second kappa shape index (κ2) is 13.0. The molecule has 1 saturated carbocycles. The number of carboxylic acids is 1. The number of alkyl halides is 3. The quantitative estimate of drug-likeness (QED) is 0.222. The molecule has 1 saturated heterocycles. The van der Waals surface area contributed by atoms with Crippen molar-refractivity contribution in [2.45, 2.75) is 83.0 Å². The predicted molar refractivity (Wildman–Crippen MR) is 168 cm³/mol. The van der Waals surface area contributed by atoms with Crippen LogP contribution in [0.2, 0.25) is 0 Å². The van der Waals surface area contributed by atoms with Crippen molar-refractivity contribution in [1.29, 1.82) is 0 Å². The monoisotopic (exact) mass is 672 g/mol. The number of ketones is 1. The number of hydrogen-bond donors (Lipinski definition) is 1. The molecule has 1 N–H and O–H groups in total. The van der Waals surface area contributed by atoms with E-state index in [0.29, 0.717) is 36.9 Å². The number of carbonyl (C=O) groups is 3. The minimum Gasteiger partial charge on any atom is -0.481 e. The molecule has 0 bridgehead atoms. The van der Waals surface area contributed by atoms with Crippen LogP contribution in [0.25, 0.3) is 10.2 Å². The Kier molecular flexibility index (Phi) is 9.17. The number of fused-ring (bicyclic) bond motifs is 3. The lowest BCUT2D eigenvalue weighted by atomic mass is 9.90. The highest BCUT2D eigenvalue weighted by Crippen LogP contribution is 2.57. The van der Waals surface area contributed by atoms with E-state index in [1.165, 1.54) is 16.2 Å². The normalized spacial score (nSPS) is 27.9. The van der Waals surface area contributed by atoms with Crippen LogP contribution in [0, 0.1) is 30.0 Å². The Labute approximate surface area is 273 Å². The largest absolute Gasteiger partial charge is 0.481 e. The Balaban J connectivity index is 1.31. The molecule has 3 heterocycles. The molecule has 250 valence electrons. The second-order valence-electron chi connectivity index (χ2n) is 13.2. The van der Waals surface area contributed by atoms with Gasteiger partial charge in [0.1, 0.15) is 11.9 Å². The summed E-state index contributed by atoms with van der Waals surface area (Å²) in [6.07, 6.45) is 1.69. The third-order valence-corrected chi connectivity index (χ3v) is 10.6. The van der Waals surface area contributed by atoms with Gasteiger partial charge in [-0.3, -0.25) is 14.4 Å². The van der Waals surface area contributed by atoms with Crippen LogP contribution in [0.15, 0.2) is 48.6 Å². The highest BCUT2D eigenvalue weighted by molar-refractivity contribution is 7.20. The highest BCUT2D eigenvalue weighted by Gasteiger charge is 2.61. The number of allylic oxidation sites excluding steroid dienone is 2. The van der Waals surface area contributed by atoms with Gasteiger partial charge in [0.25, 0.3) is 5.19 Å². The van der Waals surface area contributed by atoms with Gasteiger partial charge in [0.2, 0.25) is 5.91 Å². The van der Waals surface area contributed by atoms with E-state index >= 15 is 0 Å². The van der Waals surface area contributed by atoms with E-state index < -0.39 is 52.9 Å². The fourth-order valence-electron chi connectivity index (χ4n) is 7.03. The lowest BCUT2D eigenvalue weighted by Gasteiger charge is -2.29. The molecule has 12 heteroatoms. The summed E-state index contributed by atoms with van der Waals surface area (Å²) >= 11 is 1.34. The lowest BCUT2D eigenvalue weighted by molar-refractivity contribution is -0.147. The van der Waals surface area contributed by atoms with Crippen LogP contribution in [0.5, 0.6) is 5.19 Å². The van der Waals surface area contributed by atoms with Crippen LogP contribution in [0.4, 0.5) is 17.6 Å². The molecular weight excluding hydrogens is 636 g/mol. The zero-order valence-corrected chi connectivity index (χ0v) is 26.7. The third kappa shape index (κ3) is 7.22. The van der Waals surface area contributed by atoms with Crippen molar-refractivity contribution < 1.29 is 41.8 Å². The second-order valence-corrected chi connectivity index (χ2v) is 14.2. The van der Waals surface area contributed by atoms with Crippen molar-refractivity contribution in [2.24, 2.45) is 17.3 Å². The van der Waals surface area contributed by atoms with Crippen molar-refractivity contribution in [3.8, 4) is 5.19 Å². The van der Waals surface area contributed by atoms with Gasteiger partial charge in [-0.1, -0.05) is 42.4 Å². The van der Waals surface area contributed by atoms with Gasteiger partial charge in [0.15, 0.2) is 5.78 Å². The van der Waals surface area contributed by atoms with Gasteiger partial charge < -0.3 is 14.7 Å². The van der Waals surface area contributed by atoms with Crippen molar-refractivity contribution in [3.63, 3.8) is 0 Å². The molecule has 2 aliphatic heterocycles. The number of hydrogen-bond acceptors (Lipinski definition) is 6. The average molecular weight is 673 g/mol. The fourth-order valence-corrected chi connectivity index (χ4v) is 8.01. The Morgan fingerprint density at radius 1 is 1.15 bits per heavy atom.